The molecular formula is C14H9F4NO3. The molecule has 4 nitrogen and oxygen atoms in total. The highest BCUT2D eigenvalue weighted by Crippen LogP contribution is 2.41. The van der Waals surface area contributed by atoms with Crippen LogP contribution < -0.4 is 5.43 Å². The molecule has 0 bridgehead atoms. The zero-order chi connectivity index (χ0) is 16.3. The van der Waals surface area contributed by atoms with E-state index < -0.39 is 63.1 Å². The predicted molar refractivity (Wildman–Crippen MR) is 68.3 cm³/mol. The van der Waals surface area contributed by atoms with E-state index in [-0.39, 0.29) is 6.42 Å². The van der Waals surface area contributed by atoms with Crippen molar-refractivity contribution >= 4 is 16.9 Å². The Kier molecular flexibility index (Phi) is 3.01. The Morgan fingerprint density at radius 3 is 2.36 bits per heavy atom. The molecule has 1 N–H and O–H groups in total. The second kappa shape index (κ2) is 4.56. The molecule has 116 valence electrons. The maximum Gasteiger partial charge on any atom is 0.341 e. The van der Waals surface area contributed by atoms with E-state index in [1.807, 2.05) is 0 Å². The number of aromatic nitrogens is 1. The first-order chi connectivity index (χ1) is 10.3. The molecule has 3 rings (SSSR count). The first kappa shape index (κ1) is 14.6. The smallest absolute Gasteiger partial charge is 0.341 e. The third-order valence-corrected chi connectivity index (χ3v) is 3.80. The van der Waals surface area contributed by atoms with Crippen LogP contribution in [0.25, 0.3) is 10.9 Å². The van der Waals surface area contributed by atoms with E-state index >= 15 is 0 Å². The van der Waals surface area contributed by atoms with Gasteiger partial charge in [0.15, 0.2) is 17.5 Å². The quantitative estimate of drug-likeness (QED) is 0.685. The fraction of sp³-hybridized carbons (Fsp3) is 0.286. The van der Waals surface area contributed by atoms with Crippen LogP contribution in [0.1, 0.15) is 28.4 Å². The fourth-order valence-electron chi connectivity index (χ4n) is 2.53. The first-order valence-electron chi connectivity index (χ1n) is 6.35. The van der Waals surface area contributed by atoms with E-state index in [0.29, 0.717) is 0 Å². The molecule has 1 fully saturated rings. The summed E-state index contributed by atoms with van der Waals surface area (Å²) in [5.74, 6) is -6.59. The highest BCUT2D eigenvalue weighted by atomic mass is 19.2. The number of carbonyl (C=O) groups is 1. The zero-order valence-corrected chi connectivity index (χ0v) is 11.2. The summed E-state index contributed by atoms with van der Waals surface area (Å²) < 4.78 is 55.5. The van der Waals surface area contributed by atoms with E-state index in [1.54, 1.807) is 0 Å². The van der Waals surface area contributed by atoms with Crippen molar-refractivity contribution in [1.29, 1.82) is 0 Å². The number of rotatable bonds is 2. The van der Waals surface area contributed by atoms with Gasteiger partial charge in [0.1, 0.15) is 11.7 Å². The SMILES string of the molecule is Cc1c(F)c(F)c(F)c2c1c(=O)c(C(=O)O)cn2C1CC1F. The van der Waals surface area contributed by atoms with Crippen LogP contribution >= 0.6 is 0 Å². The number of nitrogens with zero attached hydrogens (tertiary/aromatic N) is 1. The highest BCUT2D eigenvalue weighted by molar-refractivity contribution is 5.94. The lowest BCUT2D eigenvalue weighted by Crippen LogP contribution is -2.21. The number of hydrogen-bond donors (Lipinski definition) is 1. The predicted octanol–water partition coefficient (Wildman–Crippen LogP) is 2.71. The summed E-state index contributed by atoms with van der Waals surface area (Å²) in [5, 5.41) is 8.45. The minimum atomic E-state index is -1.78. The number of pyridine rings is 1. The van der Waals surface area contributed by atoms with Gasteiger partial charge in [-0.1, -0.05) is 0 Å². The van der Waals surface area contributed by atoms with Gasteiger partial charge in [-0.3, -0.25) is 4.79 Å². The van der Waals surface area contributed by atoms with Gasteiger partial charge in [-0.2, -0.15) is 0 Å². The molecule has 0 amide bonds. The van der Waals surface area contributed by atoms with E-state index in [1.165, 1.54) is 0 Å². The molecule has 2 atom stereocenters. The highest BCUT2D eigenvalue weighted by Gasteiger charge is 2.41. The van der Waals surface area contributed by atoms with E-state index in [4.69, 9.17) is 5.11 Å². The number of halogens is 4. The van der Waals surface area contributed by atoms with Crippen LogP contribution in [0.3, 0.4) is 0 Å². The Bertz CT molecular complexity index is 890. The van der Waals surface area contributed by atoms with Gasteiger partial charge in [0.05, 0.1) is 16.9 Å². The van der Waals surface area contributed by atoms with E-state index in [9.17, 15) is 27.2 Å². The monoisotopic (exact) mass is 315 g/mol. The lowest BCUT2D eigenvalue weighted by molar-refractivity contribution is 0.0694. The van der Waals surface area contributed by atoms with Crippen LogP contribution in [0, 0.1) is 24.4 Å². The third-order valence-electron chi connectivity index (χ3n) is 3.80. The first-order valence-corrected chi connectivity index (χ1v) is 6.35. The van der Waals surface area contributed by atoms with Crippen molar-refractivity contribution in [2.45, 2.75) is 25.6 Å². The summed E-state index contributed by atoms with van der Waals surface area (Å²) in [7, 11) is 0. The number of carboxylic acids is 1. The summed E-state index contributed by atoms with van der Waals surface area (Å²) in [6, 6.07) is -0.903. The van der Waals surface area contributed by atoms with Crippen LogP contribution in [-0.2, 0) is 0 Å². The number of benzene rings is 1. The average molecular weight is 315 g/mol. The zero-order valence-electron chi connectivity index (χ0n) is 11.2. The number of hydrogen-bond acceptors (Lipinski definition) is 2. The molecule has 1 heterocycles. The Labute approximate surface area is 120 Å². The summed E-state index contributed by atoms with van der Waals surface area (Å²) >= 11 is 0. The Balaban J connectivity index is 2.56. The molecule has 2 unspecified atom stereocenters. The Morgan fingerprint density at radius 1 is 1.27 bits per heavy atom. The van der Waals surface area contributed by atoms with Crippen molar-refractivity contribution in [1.82, 2.24) is 4.57 Å². The van der Waals surface area contributed by atoms with Crippen molar-refractivity contribution in [3.05, 3.63) is 45.0 Å². The van der Waals surface area contributed by atoms with Gasteiger partial charge < -0.3 is 9.67 Å². The minimum Gasteiger partial charge on any atom is -0.477 e. The number of aryl methyl sites for hydroxylation is 1. The number of alkyl halides is 1. The van der Waals surface area contributed by atoms with Gasteiger partial charge >= 0.3 is 5.97 Å². The normalized spacial score (nSPS) is 20.4. The second-order valence-corrected chi connectivity index (χ2v) is 5.19. The van der Waals surface area contributed by atoms with Crippen LogP contribution in [-0.4, -0.2) is 21.8 Å². The molecule has 1 aromatic heterocycles. The molecule has 0 saturated heterocycles. The van der Waals surface area contributed by atoms with Crippen molar-refractivity contribution in [2.75, 3.05) is 0 Å². The lowest BCUT2D eigenvalue weighted by Gasteiger charge is -2.14. The van der Waals surface area contributed by atoms with E-state index in [0.717, 1.165) is 17.7 Å². The van der Waals surface area contributed by atoms with Crippen LogP contribution in [0.2, 0.25) is 0 Å². The van der Waals surface area contributed by atoms with Crippen LogP contribution in [0.15, 0.2) is 11.0 Å². The molecular weight excluding hydrogens is 306 g/mol. The molecule has 0 radical (unpaired) electrons. The summed E-state index contributed by atoms with van der Waals surface area (Å²) in [6.45, 7) is 1.04. The summed E-state index contributed by atoms with van der Waals surface area (Å²) in [5.41, 5.74) is -3.01. The van der Waals surface area contributed by atoms with Gasteiger partial charge in [-0.15, -0.1) is 0 Å². The molecule has 1 aliphatic rings. The average Bonchev–Trinajstić information content (AvgIpc) is 3.18. The molecule has 2 aromatic rings. The van der Waals surface area contributed by atoms with Crippen molar-refractivity contribution in [2.24, 2.45) is 0 Å². The maximum absolute atomic E-state index is 14.1. The van der Waals surface area contributed by atoms with E-state index in [2.05, 4.69) is 0 Å². The van der Waals surface area contributed by atoms with Crippen molar-refractivity contribution in [3.8, 4) is 0 Å². The standard InChI is InChI=1S/C14H9F4NO3/c1-4-8-12(11(18)10(17)9(4)16)19(7-2-6(7)15)3-5(13(8)20)14(21)22/h3,6-7H,2H2,1H3,(H,21,22). The molecule has 1 saturated carbocycles. The lowest BCUT2D eigenvalue weighted by atomic mass is 10.0. The van der Waals surface area contributed by atoms with Gasteiger partial charge in [0.2, 0.25) is 5.43 Å². The second-order valence-electron chi connectivity index (χ2n) is 5.19. The Hall–Kier alpha value is -2.38. The summed E-state index contributed by atoms with van der Waals surface area (Å²) in [4.78, 5) is 23.3. The Morgan fingerprint density at radius 2 is 1.86 bits per heavy atom. The molecule has 0 aliphatic heterocycles. The third kappa shape index (κ3) is 1.83. The maximum atomic E-state index is 14.1. The molecule has 1 aromatic carbocycles. The molecule has 1 aliphatic carbocycles. The largest absolute Gasteiger partial charge is 0.477 e. The van der Waals surface area contributed by atoms with Crippen LogP contribution in [0.5, 0.6) is 0 Å². The number of aromatic carboxylic acids is 1. The fourth-order valence-corrected chi connectivity index (χ4v) is 2.53. The molecule has 0 spiro atoms. The minimum absolute atomic E-state index is 0.0193. The van der Waals surface area contributed by atoms with Gasteiger partial charge in [-0.25, -0.2) is 22.4 Å². The number of carboxylic acid groups (broad SMARTS) is 1. The van der Waals surface area contributed by atoms with Gasteiger partial charge in [-0.05, 0) is 6.92 Å². The molecule has 22 heavy (non-hydrogen) atoms. The van der Waals surface area contributed by atoms with Crippen molar-refractivity contribution < 1.29 is 27.5 Å². The topological polar surface area (TPSA) is 59.3 Å². The summed E-state index contributed by atoms with van der Waals surface area (Å²) in [6.07, 6.45) is -0.605. The van der Waals surface area contributed by atoms with Gasteiger partial charge in [0.25, 0.3) is 0 Å². The van der Waals surface area contributed by atoms with Gasteiger partial charge in [0, 0.05) is 18.2 Å². The molecule has 8 heteroatoms. The van der Waals surface area contributed by atoms with Crippen molar-refractivity contribution in [3.63, 3.8) is 0 Å². The number of fused-ring (bicyclic) bond motifs is 1. The van der Waals surface area contributed by atoms with Crippen LogP contribution in [0.4, 0.5) is 17.6 Å².